The molecule has 0 saturated heterocycles. The molecule has 3 N–H and O–H groups in total. The average Bonchev–Trinajstić information content (AvgIpc) is 3.17. The van der Waals surface area contributed by atoms with Crippen molar-refractivity contribution in [3.8, 4) is 11.3 Å². The van der Waals surface area contributed by atoms with E-state index >= 15 is 0 Å². The Morgan fingerprint density at radius 1 is 1.08 bits per heavy atom. The first kappa shape index (κ1) is 17.9. The summed E-state index contributed by atoms with van der Waals surface area (Å²) in [6.07, 6.45) is -0.503. The van der Waals surface area contributed by atoms with Crippen LogP contribution in [0.15, 0.2) is 71.1 Å². The van der Waals surface area contributed by atoms with Gasteiger partial charge in [0.15, 0.2) is 5.76 Å². The van der Waals surface area contributed by atoms with E-state index in [1.54, 1.807) is 12.1 Å². The molecular formula is C21H22NO4+. The molecule has 134 valence electrons. The van der Waals surface area contributed by atoms with Crippen molar-refractivity contribution in [2.45, 2.75) is 12.6 Å². The van der Waals surface area contributed by atoms with Gasteiger partial charge in [0.25, 0.3) is 0 Å². The van der Waals surface area contributed by atoms with Gasteiger partial charge in [-0.15, -0.1) is 0 Å². The third-order valence-electron chi connectivity index (χ3n) is 4.17. The number of aliphatic hydroxyl groups excluding tert-OH is 1. The van der Waals surface area contributed by atoms with Gasteiger partial charge in [-0.1, -0.05) is 42.5 Å². The summed E-state index contributed by atoms with van der Waals surface area (Å²) < 4.78 is 10.5. The molecule has 5 nitrogen and oxygen atoms in total. The smallest absolute Gasteiger partial charge is 0.337 e. The fourth-order valence-electron chi connectivity index (χ4n) is 2.73. The third-order valence-corrected chi connectivity index (χ3v) is 4.17. The van der Waals surface area contributed by atoms with Crippen molar-refractivity contribution in [1.29, 1.82) is 0 Å². The first-order valence-corrected chi connectivity index (χ1v) is 8.49. The van der Waals surface area contributed by atoms with Gasteiger partial charge in [0, 0.05) is 5.56 Å². The van der Waals surface area contributed by atoms with E-state index in [0.717, 1.165) is 22.6 Å². The fraction of sp³-hybridized carbons (Fsp3) is 0.190. The van der Waals surface area contributed by atoms with Crippen LogP contribution in [0.3, 0.4) is 0 Å². The number of benzene rings is 2. The molecule has 1 aromatic heterocycles. The van der Waals surface area contributed by atoms with E-state index in [4.69, 9.17) is 9.15 Å². The molecule has 0 fully saturated rings. The summed E-state index contributed by atoms with van der Waals surface area (Å²) in [5.74, 6) is 1.22. The number of ether oxygens (including phenoxy) is 1. The molecule has 1 heterocycles. The van der Waals surface area contributed by atoms with Crippen molar-refractivity contribution in [2.75, 3.05) is 13.7 Å². The number of carbonyl (C=O) groups is 1. The predicted octanol–water partition coefficient (Wildman–Crippen LogP) is 2.53. The Morgan fingerprint density at radius 3 is 2.50 bits per heavy atom. The van der Waals surface area contributed by atoms with Crippen LogP contribution in [-0.2, 0) is 11.3 Å². The van der Waals surface area contributed by atoms with E-state index in [9.17, 15) is 9.90 Å². The minimum atomic E-state index is -0.503. The Bertz CT molecular complexity index is 840. The number of nitrogens with two attached hydrogens (primary N) is 1. The van der Waals surface area contributed by atoms with Crippen LogP contribution in [-0.4, -0.2) is 24.7 Å². The van der Waals surface area contributed by atoms with Gasteiger partial charge in [-0.2, -0.15) is 0 Å². The van der Waals surface area contributed by atoms with Crippen LogP contribution in [0, 0.1) is 0 Å². The maximum atomic E-state index is 11.5. The van der Waals surface area contributed by atoms with Crippen LogP contribution in [0.2, 0.25) is 0 Å². The lowest BCUT2D eigenvalue weighted by Crippen LogP contribution is -2.83. The van der Waals surface area contributed by atoms with Crippen LogP contribution in [0.5, 0.6) is 0 Å². The van der Waals surface area contributed by atoms with Crippen molar-refractivity contribution >= 4 is 5.97 Å². The van der Waals surface area contributed by atoms with Gasteiger partial charge in [0.2, 0.25) is 0 Å². The van der Waals surface area contributed by atoms with E-state index in [1.807, 2.05) is 59.9 Å². The maximum Gasteiger partial charge on any atom is 0.337 e. The molecule has 0 saturated carbocycles. The number of rotatable bonds is 7. The molecule has 0 aliphatic carbocycles. The lowest BCUT2D eigenvalue weighted by Gasteiger charge is -2.08. The number of hydrogen-bond donors (Lipinski definition) is 2. The summed E-state index contributed by atoms with van der Waals surface area (Å²) in [4.78, 5) is 11.5. The molecule has 0 aliphatic heterocycles. The average molecular weight is 352 g/mol. The molecule has 2 aromatic carbocycles. The van der Waals surface area contributed by atoms with Gasteiger partial charge >= 0.3 is 5.97 Å². The van der Waals surface area contributed by atoms with Crippen molar-refractivity contribution in [3.05, 3.63) is 83.6 Å². The predicted molar refractivity (Wildman–Crippen MR) is 97.4 cm³/mol. The van der Waals surface area contributed by atoms with E-state index < -0.39 is 6.10 Å². The zero-order valence-corrected chi connectivity index (χ0v) is 14.6. The molecule has 0 aliphatic rings. The van der Waals surface area contributed by atoms with Gasteiger partial charge in [0.05, 0.1) is 12.7 Å². The lowest BCUT2D eigenvalue weighted by molar-refractivity contribution is -0.679. The first-order chi connectivity index (χ1) is 12.7. The van der Waals surface area contributed by atoms with Crippen LogP contribution in [0.25, 0.3) is 11.3 Å². The number of carbonyl (C=O) groups excluding carboxylic acids is 1. The second kappa shape index (κ2) is 8.47. The maximum absolute atomic E-state index is 11.5. The summed E-state index contributed by atoms with van der Waals surface area (Å²) in [6.45, 7) is 1.21. The van der Waals surface area contributed by atoms with Crippen molar-refractivity contribution in [1.82, 2.24) is 0 Å². The Labute approximate surface area is 152 Å². The van der Waals surface area contributed by atoms with Crippen LogP contribution in [0.4, 0.5) is 0 Å². The number of hydrogen-bond acceptors (Lipinski definition) is 4. The monoisotopic (exact) mass is 352 g/mol. The zero-order chi connectivity index (χ0) is 18.4. The van der Waals surface area contributed by atoms with E-state index in [-0.39, 0.29) is 5.97 Å². The Hall–Kier alpha value is -2.89. The summed E-state index contributed by atoms with van der Waals surface area (Å²) in [7, 11) is 1.36. The molecule has 0 radical (unpaired) electrons. The highest BCUT2D eigenvalue weighted by Gasteiger charge is 2.11. The molecule has 26 heavy (non-hydrogen) atoms. The van der Waals surface area contributed by atoms with Gasteiger partial charge in [-0.05, 0) is 29.8 Å². The molecule has 3 aromatic rings. The molecule has 0 unspecified atom stereocenters. The number of quaternary nitrogens is 1. The lowest BCUT2D eigenvalue weighted by atomic mass is 10.1. The highest BCUT2D eigenvalue weighted by atomic mass is 16.5. The van der Waals surface area contributed by atoms with E-state index in [0.29, 0.717) is 18.7 Å². The van der Waals surface area contributed by atoms with Gasteiger partial charge in [-0.25, -0.2) is 4.79 Å². The Kier molecular flexibility index (Phi) is 5.84. The topological polar surface area (TPSA) is 76.3 Å². The molecule has 0 spiro atoms. The number of methoxy groups -OCH3 is 1. The van der Waals surface area contributed by atoms with Gasteiger partial charge < -0.3 is 19.6 Å². The molecule has 0 amide bonds. The molecule has 0 bridgehead atoms. The fourth-order valence-corrected chi connectivity index (χ4v) is 2.73. The SMILES string of the molecule is COC(=O)c1ccc(-c2ccc(C[NH2+]C[C@H](O)c3ccccc3)o2)cc1. The van der Waals surface area contributed by atoms with Crippen molar-refractivity contribution < 1.29 is 24.4 Å². The van der Waals surface area contributed by atoms with E-state index in [2.05, 4.69) is 0 Å². The largest absolute Gasteiger partial charge is 0.465 e. The summed E-state index contributed by atoms with van der Waals surface area (Å²) in [5.41, 5.74) is 2.31. The minimum absolute atomic E-state index is 0.358. The van der Waals surface area contributed by atoms with Crippen molar-refractivity contribution in [2.24, 2.45) is 0 Å². The number of furan rings is 1. The standard InChI is InChI=1S/C21H21NO4/c1-25-21(24)17-9-7-16(8-10-17)20-12-11-18(26-20)13-22-14-19(23)15-5-3-2-4-6-15/h2-12,19,22-23H,13-14H2,1H3/p+1/t19-/m0/s1. The van der Waals surface area contributed by atoms with Crippen LogP contribution in [0.1, 0.15) is 27.8 Å². The quantitative estimate of drug-likeness (QED) is 0.641. The summed E-state index contributed by atoms with van der Waals surface area (Å²) in [5, 5.41) is 12.2. The first-order valence-electron chi connectivity index (χ1n) is 8.49. The zero-order valence-electron chi connectivity index (χ0n) is 14.6. The van der Waals surface area contributed by atoms with E-state index in [1.165, 1.54) is 7.11 Å². The highest BCUT2D eigenvalue weighted by molar-refractivity contribution is 5.89. The third kappa shape index (κ3) is 4.39. The van der Waals surface area contributed by atoms with Crippen LogP contribution >= 0.6 is 0 Å². The molecule has 1 atom stereocenters. The second-order valence-corrected chi connectivity index (χ2v) is 5.99. The summed E-state index contributed by atoms with van der Waals surface area (Å²) in [6, 6.07) is 20.5. The highest BCUT2D eigenvalue weighted by Crippen LogP contribution is 2.22. The minimum Gasteiger partial charge on any atom is -0.465 e. The Morgan fingerprint density at radius 2 is 1.81 bits per heavy atom. The number of esters is 1. The Balaban J connectivity index is 1.55. The number of aliphatic hydroxyl groups is 1. The molecule has 3 rings (SSSR count). The second-order valence-electron chi connectivity index (χ2n) is 5.99. The molecular weight excluding hydrogens is 330 g/mol. The normalized spacial score (nSPS) is 11.9. The summed E-state index contributed by atoms with van der Waals surface area (Å²) >= 11 is 0. The van der Waals surface area contributed by atoms with Gasteiger partial charge in [-0.3, -0.25) is 0 Å². The van der Waals surface area contributed by atoms with Gasteiger partial charge in [0.1, 0.15) is 25.0 Å². The molecule has 5 heteroatoms. The van der Waals surface area contributed by atoms with Crippen LogP contribution < -0.4 is 5.32 Å². The van der Waals surface area contributed by atoms with Crippen molar-refractivity contribution in [3.63, 3.8) is 0 Å².